The second kappa shape index (κ2) is 6.96. The Labute approximate surface area is 169 Å². The first-order valence-corrected chi connectivity index (χ1v) is 10.5. The minimum atomic E-state index is -0.648. The van der Waals surface area contributed by atoms with Gasteiger partial charge in [0.15, 0.2) is 5.75 Å². The summed E-state index contributed by atoms with van der Waals surface area (Å²) in [5.41, 5.74) is 1.08. The van der Waals surface area contributed by atoms with Crippen molar-refractivity contribution in [3.05, 3.63) is 65.6 Å². The van der Waals surface area contributed by atoms with Crippen LogP contribution in [0.25, 0.3) is 0 Å². The average molecular weight is 397 g/mol. The highest BCUT2D eigenvalue weighted by Crippen LogP contribution is 2.70. The highest BCUT2D eigenvalue weighted by molar-refractivity contribution is 8.14. The van der Waals surface area contributed by atoms with Gasteiger partial charge in [-0.2, -0.15) is 0 Å². The van der Waals surface area contributed by atoms with Crippen LogP contribution >= 0.6 is 11.8 Å². The number of hydrogen-bond donors (Lipinski definition) is 0. The molecule has 0 radical (unpaired) electrons. The average Bonchev–Trinajstić information content (AvgIpc) is 3.08. The summed E-state index contributed by atoms with van der Waals surface area (Å²) >= 11 is 1.35. The van der Waals surface area contributed by atoms with E-state index in [0.29, 0.717) is 12.2 Å². The normalized spacial score (nSPS) is 27.2. The zero-order valence-corrected chi connectivity index (χ0v) is 17.2. The van der Waals surface area contributed by atoms with E-state index in [0.717, 1.165) is 29.1 Å². The highest BCUT2D eigenvalue weighted by Gasteiger charge is 2.72. The molecule has 1 aromatic heterocycles. The van der Waals surface area contributed by atoms with Gasteiger partial charge in [-0.25, -0.2) is 0 Å². The van der Waals surface area contributed by atoms with E-state index in [1.165, 1.54) is 18.0 Å². The summed E-state index contributed by atoms with van der Waals surface area (Å²) in [5.74, 6) is 1.74. The van der Waals surface area contributed by atoms with Gasteiger partial charge in [0.1, 0.15) is 12.0 Å². The largest absolute Gasteiger partial charge is 0.465 e. The molecule has 0 unspecified atom stereocenters. The number of rotatable bonds is 5. The third-order valence-electron chi connectivity index (χ3n) is 6.37. The second-order valence-corrected chi connectivity index (χ2v) is 9.35. The third kappa shape index (κ3) is 3.22. The van der Waals surface area contributed by atoms with Crippen LogP contribution in [0, 0.1) is 16.7 Å². The van der Waals surface area contributed by atoms with Crippen molar-refractivity contribution in [2.75, 3.05) is 5.75 Å². The van der Waals surface area contributed by atoms with Gasteiger partial charge >= 0.3 is 5.97 Å². The summed E-state index contributed by atoms with van der Waals surface area (Å²) < 4.78 is 11.2. The Morgan fingerprint density at radius 2 is 2.04 bits per heavy atom. The van der Waals surface area contributed by atoms with Gasteiger partial charge in [0.25, 0.3) is 0 Å². The summed E-state index contributed by atoms with van der Waals surface area (Å²) in [6.07, 6.45) is 4.92. The van der Waals surface area contributed by atoms with Gasteiger partial charge in [-0.3, -0.25) is 9.59 Å². The summed E-state index contributed by atoms with van der Waals surface area (Å²) in [5, 5.41) is 0.138. The van der Waals surface area contributed by atoms with Gasteiger partial charge < -0.3 is 9.15 Å². The third-order valence-corrected chi connectivity index (χ3v) is 7.31. The zero-order valence-electron chi connectivity index (χ0n) is 16.4. The van der Waals surface area contributed by atoms with Gasteiger partial charge in [-0.05, 0) is 24.3 Å². The number of esters is 1. The van der Waals surface area contributed by atoms with E-state index < -0.39 is 5.41 Å². The number of allylic oxidation sites excluding steroid dienone is 1. The molecular formula is C23H24O4S. The zero-order chi connectivity index (χ0) is 19.9. The Bertz CT molecular complexity index is 941. The van der Waals surface area contributed by atoms with Crippen LogP contribution in [0.1, 0.15) is 38.5 Å². The standard InChI is InChI=1S/C23H24O4S/c1-22(2)19(12-16-9-10-28-20(16)24)23(22,3)21(25)27-18-13-17(26-14-18)11-15-7-5-4-6-8-15/h4-8,12-14,19H,9-11H2,1-3H3/t19-,23-/m0/s1. The molecule has 4 nitrogen and oxygen atoms in total. The molecule has 28 heavy (non-hydrogen) atoms. The molecule has 1 aliphatic heterocycles. The fourth-order valence-corrected chi connectivity index (χ4v) is 4.97. The van der Waals surface area contributed by atoms with Crippen LogP contribution in [0.3, 0.4) is 0 Å². The molecule has 1 aliphatic carbocycles. The van der Waals surface area contributed by atoms with Gasteiger partial charge in [0, 0.05) is 29.7 Å². The van der Waals surface area contributed by atoms with Crippen LogP contribution < -0.4 is 4.74 Å². The topological polar surface area (TPSA) is 56.5 Å². The molecule has 1 saturated carbocycles. The molecule has 2 heterocycles. The fourth-order valence-electron chi connectivity index (χ4n) is 4.11. The summed E-state index contributed by atoms with van der Waals surface area (Å²) in [6, 6.07) is 11.8. The summed E-state index contributed by atoms with van der Waals surface area (Å²) in [7, 11) is 0. The van der Waals surface area contributed by atoms with Crippen molar-refractivity contribution >= 4 is 22.8 Å². The lowest BCUT2D eigenvalue weighted by atomic mass is 9.98. The van der Waals surface area contributed by atoms with Crippen molar-refractivity contribution in [2.45, 2.75) is 33.6 Å². The maximum atomic E-state index is 13.0. The molecule has 2 atom stereocenters. The second-order valence-electron chi connectivity index (χ2n) is 8.28. The molecular weight excluding hydrogens is 372 g/mol. The van der Waals surface area contributed by atoms with Crippen LogP contribution in [0.4, 0.5) is 0 Å². The molecule has 146 valence electrons. The maximum Gasteiger partial charge on any atom is 0.318 e. The predicted molar refractivity (Wildman–Crippen MR) is 109 cm³/mol. The van der Waals surface area contributed by atoms with Crippen molar-refractivity contribution in [3.8, 4) is 5.75 Å². The number of carbonyl (C=O) groups is 2. The van der Waals surface area contributed by atoms with Crippen molar-refractivity contribution in [2.24, 2.45) is 16.7 Å². The predicted octanol–water partition coefficient (Wildman–Crippen LogP) is 5.03. The minimum Gasteiger partial charge on any atom is -0.465 e. The molecule has 5 heteroatoms. The van der Waals surface area contributed by atoms with Crippen molar-refractivity contribution in [1.29, 1.82) is 0 Å². The van der Waals surface area contributed by atoms with Crippen molar-refractivity contribution < 1.29 is 18.7 Å². The Kier molecular flexibility index (Phi) is 4.74. The Balaban J connectivity index is 1.45. The monoisotopic (exact) mass is 396 g/mol. The molecule has 0 amide bonds. The molecule has 1 saturated heterocycles. The number of benzene rings is 1. The van der Waals surface area contributed by atoms with Crippen LogP contribution in [-0.4, -0.2) is 16.8 Å². The fraction of sp³-hybridized carbons (Fsp3) is 0.391. The van der Waals surface area contributed by atoms with Crippen LogP contribution in [0.5, 0.6) is 5.75 Å². The first-order chi connectivity index (χ1) is 13.3. The molecule has 2 fully saturated rings. The number of furan rings is 1. The number of ether oxygens (including phenoxy) is 1. The molecule has 0 spiro atoms. The van der Waals surface area contributed by atoms with E-state index in [-0.39, 0.29) is 22.4 Å². The van der Waals surface area contributed by atoms with E-state index in [1.54, 1.807) is 6.07 Å². The Hall–Kier alpha value is -2.27. The van der Waals surface area contributed by atoms with Crippen molar-refractivity contribution in [3.63, 3.8) is 0 Å². The van der Waals surface area contributed by atoms with E-state index in [9.17, 15) is 9.59 Å². The van der Waals surface area contributed by atoms with Gasteiger partial charge in [0.05, 0.1) is 5.41 Å². The molecule has 4 rings (SSSR count). The first-order valence-electron chi connectivity index (χ1n) is 9.54. The quantitative estimate of drug-likeness (QED) is 0.524. The van der Waals surface area contributed by atoms with Crippen molar-refractivity contribution in [1.82, 2.24) is 0 Å². The minimum absolute atomic E-state index is 0.000778. The van der Waals surface area contributed by atoms with E-state index in [4.69, 9.17) is 9.15 Å². The van der Waals surface area contributed by atoms with Gasteiger partial charge in [-0.15, -0.1) is 0 Å². The number of hydrogen-bond acceptors (Lipinski definition) is 5. The lowest BCUT2D eigenvalue weighted by Gasteiger charge is -2.12. The van der Waals surface area contributed by atoms with Crippen LogP contribution in [0.2, 0.25) is 0 Å². The van der Waals surface area contributed by atoms with Gasteiger partial charge in [-0.1, -0.05) is 62.0 Å². The first kappa shape index (κ1) is 19.1. The lowest BCUT2D eigenvalue weighted by Crippen LogP contribution is -2.24. The molecule has 0 bridgehead atoms. The smallest absolute Gasteiger partial charge is 0.318 e. The maximum absolute atomic E-state index is 13.0. The highest BCUT2D eigenvalue weighted by atomic mass is 32.2. The number of carbonyl (C=O) groups excluding carboxylic acids is 2. The lowest BCUT2D eigenvalue weighted by molar-refractivity contribution is -0.141. The SMILES string of the molecule is CC1(C)[C@H](C=C2CCSC2=O)[C@@]1(C)C(=O)Oc1coc(Cc2ccccc2)c1. The van der Waals surface area contributed by atoms with E-state index >= 15 is 0 Å². The summed E-state index contributed by atoms with van der Waals surface area (Å²) in [6.45, 7) is 6.03. The number of thioether (sulfide) groups is 1. The van der Waals surface area contributed by atoms with Crippen LogP contribution in [-0.2, 0) is 16.0 Å². The van der Waals surface area contributed by atoms with E-state index in [1.807, 2.05) is 43.3 Å². The molecule has 1 aromatic carbocycles. The molecule has 2 aromatic rings. The Morgan fingerprint density at radius 3 is 2.71 bits per heavy atom. The van der Waals surface area contributed by atoms with E-state index in [2.05, 4.69) is 13.8 Å². The van der Waals surface area contributed by atoms with Gasteiger partial charge in [0.2, 0.25) is 5.12 Å². The summed E-state index contributed by atoms with van der Waals surface area (Å²) in [4.78, 5) is 24.9. The Morgan fingerprint density at radius 1 is 1.29 bits per heavy atom. The molecule has 2 aliphatic rings. The molecule has 0 N–H and O–H groups in total. The van der Waals surface area contributed by atoms with Crippen LogP contribution in [0.15, 0.2) is 58.7 Å².